The molecule has 36 heavy (non-hydrogen) atoms. The van der Waals surface area contributed by atoms with Crippen LogP contribution in [-0.4, -0.2) is 36.7 Å². The topological polar surface area (TPSA) is 126 Å². The molecule has 0 aliphatic carbocycles. The molecule has 0 saturated carbocycles. The van der Waals surface area contributed by atoms with Gasteiger partial charge in [-0.2, -0.15) is 0 Å². The number of hydrogen-bond donors (Lipinski definition) is 3. The van der Waals surface area contributed by atoms with Gasteiger partial charge in [-0.25, -0.2) is 18.7 Å². The number of aryl methyl sites for hydroxylation is 1. The lowest BCUT2D eigenvalue weighted by Crippen LogP contribution is -2.22. The molecule has 1 amide bonds. The van der Waals surface area contributed by atoms with E-state index in [2.05, 4.69) is 24.7 Å². The number of aromatic amines is 2. The van der Waals surface area contributed by atoms with Gasteiger partial charge in [0.1, 0.15) is 17.3 Å². The Labute approximate surface area is 205 Å². The third-order valence-electron chi connectivity index (χ3n) is 5.80. The molecule has 0 aliphatic rings. The van der Waals surface area contributed by atoms with Crippen LogP contribution in [0.1, 0.15) is 21.7 Å². The number of carbonyl (C=O) groups excluding carboxylic acids is 1. The lowest BCUT2D eigenvalue weighted by Gasteiger charge is -2.13. The zero-order valence-corrected chi connectivity index (χ0v) is 19.8. The third kappa shape index (κ3) is 3.85. The van der Waals surface area contributed by atoms with Crippen molar-refractivity contribution in [1.29, 1.82) is 0 Å². The zero-order valence-electron chi connectivity index (χ0n) is 19.0. The van der Waals surface area contributed by atoms with E-state index < -0.39 is 28.7 Å². The molecule has 0 fully saturated rings. The average molecular weight is 509 g/mol. The molecule has 0 saturated heterocycles. The van der Waals surface area contributed by atoms with Crippen molar-refractivity contribution in [3.8, 4) is 11.1 Å². The van der Waals surface area contributed by atoms with Gasteiger partial charge in [-0.1, -0.05) is 11.9 Å². The molecule has 4 heterocycles. The normalized spacial score (nSPS) is 11.3. The SMILES string of the molecule is CSNC(=O)c1c(-c2ccc[nH]c2=O)c2nc(C)c(F)cc2n1Cc1cc2c(=O)[nH]cnc2cc1F. The minimum absolute atomic E-state index is 0.00635. The summed E-state index contributed by atoms with van der Waals surface area (Å²) in [6.07, 6.45) is 4.26. The van der Waals surface area contributed by atoms with Gasteiger partial charge in [0.15, 0.2) is 0 Å². The van der Waals surface area contributed by atoms with Crippen molar-refractivity contribution >= 4 is 39.8 Å². The summed E-state index contributed by atoms with van der Waals surface area (Å²) in [5.74, 6) is -1.89. The smallest absolute Gasteiger partial charge is 0.278 e. The van der Waals surface area contributed by atoms with E-state index in [9.17, 15) is 18.8 Å². The standard InChI is InChI=1S/C24H18F2N6O3S/c1-11-15(25)8-18-20(30-11)19(13-4-3-5-27-22(13)33)21(24(35)31-36-2)32(18)9-12-6-14-17(7-16(12)26)28-10-29-23(14)34/h3-8,10H,9H2,1-2H3,(H,27,33)(H,31,35)(H,28,29,34). The summed E-state index contributed by atoms with van der Waals surface area (Å²) >= 11 is 1.03. The van der Waals surface area contributed by atoms with Crippen LogP contribution in [-0.2, 0) is 6.54 Å². The fourth-order valence-electron chi connectivity index (χ4n) is 4.17. The number of pyridine rings is 2. The van der Waals surface area contributed by atoms with E-state index >= 15 is 4.39 Å². The van der Waals surface area contributed by atoms with Crippen molar-refractivity contribution < 1.29 is 13.6 Å². The van der Waals surface area contributed by atoms with Gasteiger partial charge >= 0.3 is 0 Å². The van der Waals surface area contributed by atoms with Gasteiger partial charge in [0.2, 0.25) is 0 Å². The molecule has 3 N–H and O–H groups in total. The number of benzene rings is 1. The summed E-state index contributed by atoms with van der Waals surface area (Å²) < 4.78 is 33.9. The van der Waals surface area contributed by atoms with Gasteiger partial charge in [0.05, 0.1) is 46.1 Å². The van der Waals surface area contributed by atoms with Gasteiger partial charge in [0.25, 0.3) is 17.0 Å². The second-order valence-corrected chi connectivity index (χ2v) is 8.59. The van der Waals surface area contributed by atoms with Crippen LogP contribution in [0, 0.1) is 18.6 Å². The van der Waals surface area contributed by atoms with Crippen LogP contribution in [0.3, 0.4) is 0 Å². The maximum absolute atomic E-state index is 15.1. The van der Waals surface area contributed by atoms with Crippen LogP contribution in [0.25, 0.3) is 33.1 Å². The first-order valence-corrected chi connectivity index (χ1v) is 11.9. The van der Waals surface area contributed by atoms with Crippen LogP contribution >= 0.6 is 11.9 Å². The maximum atomic E-state index is 15.1. The number of carbonyl (C=O) groups is 1. The fraction of sp³-hybridized carbons (Fsp3) is 0.125. The van der Waals surface area contributed by atoms with E-state index in [1.54, 1.807) is 12.3 Å². The predicted molar refractivity (Wildman–Crippen MR) is 133 cm³/mol. The van der Waals surface area contributed by atoms with E-state index in [4.69, 9.17) is 0 Å². The van der Waals surface area contributed by atoms with Gasteiger partial charge in [-0.3, -0.25) is 19.1 Å². The molecule has 0 spiro atoms. The molecule has 12 heteroatoms. The lowest BCUT2D eigenvalue weighted by atomic mass is 10.1. The van der Waals surface area contributed by atoms with Gasteiger partial charge < -0.3 is 14.5 Å². The van der Waals surface area contributed by atoms with E-state index in [0.717, 1.165) is 18.0 Å². The molecule has 1 aromatic carbocycles. The Balaban J connectivity index is 1.86. The number of nitrogens with zero attached hydrogens (tertiary/aromatic N) is 3. The highest BCUT2D eigenvalue weighted by Gasteiger charge is 2.28. The first-order chi connectivity index (χ1) is 17.3. The number of amides is 1. The molecule has 9 nitrogen and oxygen atoms in total. The molecule has 0 radical (unpaired) electrons. The van der Waals surface area contributed by atoms with Gasteiger partial charge in [-0.05, 0) is 25.1 Å². The predicted octanol–water partition coefficient (Wildman–Crippen LogP) is 3.27. The van der Waals surface area contributed by atoms with E-state index in [-0.39, 0.29) is 56.6 Å². The van der Waals surface area contributed by atoms with Crippen LogP contribution in [0.2, 0.25) is 0 Å². The van der Waals surface area contributed by atoms with Gasteiger partial charge in [0, 0.05) is 35.7 Å². The summed E-state index contributed by atoms with van der Waals surface area (Å²) in [6, 6.07) is 6.77. The number of aromatic nitrogens is 5. The van der Waals surface area contributed by atoms with Gasteiger partial charge in [-0.15, -0.1) is 0 Å². The molecule has 0 unspecified atom stereocenters. The number of rotatable bonds is 5. The minimum atomic E-state index is -0.668. The van der Waals surface area contributed by atoms with E-state index in [1.807, 2.05) is 0 Å². The molecule has 0 aliphatic heterocycles. The first kappa shape index (κ1) is 23.4. The highest BCUT2D eigenvalue weighted by molar-refractivity contribution is 7.97. The Hall–Kier alpha value is -4.32. The summed E-state index contributed by atoms with van der Waals surface area (Å²) in [7, 11) is 0. The largest absolute Gasteiger partial charge is 0.330 e. The Bertz CT molecular complexity index is 1790. The number of halogens is 2. The van der Waals surface area contributed by atoms with Crippen molar-refractivity contribution in [2.75, 3.05) is 6.26 Å². The third-order valence-corrected chi connectivity index (χ3v) is 6.19. The number of H-pyrrole nitrogens is 2. The average Bonchev–Trinajstić information content (AvgIpc) is 3.13. The quantitative estimate of drug-likeness (QED) is 0.313. The first-order valence-electron chi connectivity index (χ1n) is 10.7. The highest BCUT2D eigenvalue weighted by atomic mass is 32.2. The van der Waals surface area contributed by atoms with Crippen LogP contribution in [0.5, 0.6) is 0 Å². The monoisotopic (exact) mass is 508 g/mol. The second-order valence-electron chi connectivity index (χ2n) is 7.97. The highest BCUT2D eigenvalue weighted by Crippen LogP contribution is 2.34. The van der Waals surface area contributed by atoms with Crippen molar-refractivity contribution in [1.82, 2.24) is 29.2 Å². The van der Waals surface area contributed by atoms with E-state index in [1.165, 1.54) is 42.2 Å². The van der Waals surface area contributed by atoms with Crippen LogP contribution in [0.15, 0.2) is 52.4 Å². The summed E-state index contributed by atoms with van der Waals surface area (Å²) in [6.45, 7) is 1.22. The number of hydrogen-bond acceptors (Lipinski definition) is 6. The molecule has 0 atom stereocenters. The molecule has 0 bridgehead atoms. The van der Waals surface area contributed by atoms with Crippen molar-refractivity contribution in [3.05, 3.63) is 92.1 Å². The molecular weight excluding hydrogens is 490 g/mol. The lowest BCUT2D eigenvalue weighted by molar-refractivity contribution is 0.0977. The van der Waals surface area contributed by atoms with Crippen LogP contribution in [0.4, 0.5) is 8.78 Å². The fourth-order valence-corrected chi connectivity index (χ4v) is 4.45. The molecule has 5 aromatic rings. The number of fused-ring (bicyclic) bond motifs is 2. The minimum Gasteiger partial charge on any atom is -0.330 e. The second kappa shape index (κ2) is 9.04. The molecule has 5 rings (SSSR count). The van der Waals surface area contributed by atoms with Crippen molar-refractivity contribution in [2.45, 2.75) is 13.5 Å². The Morgan fingerprint density at radius 1 is 1.14 bits per heavy atom. The van der Waals surface area contributed by atoms with E-state index in [0.29, 0.717) is 0 Å². The Morgan fingerprint density at radius 3 is 2.69 bits per heavy atom. The van der Waals surface area contributed by atoms with Crippen molar-refractivity contribution in [3.63, 3.8) is 0 Å². The Kier molecular flexibility index (Phi) is 5.88. The zero-order chi connectivity index (χ0) is 25.6. The molecular formula is C24H18F2N6O3S. The summed E-state index contributed by atoms with van der Waals surface area (Å²) in [5.41, 5.74) is 0.0651. The summed E-state index contributed by atoms with van der Waals surface area (Å²) in [4.78, 5) is 51.7. The molecule has 4 aromatic heterocycles. The Morgan fingerprint density at radius 2 is 1.94 bits per heavy atom. The number of nitrogens with one attached hydrogen (secondary N) is 3. The maximum Gasteiger partial charge on any atom is 0.278 e. The van der Waals surface area contributed by atoms with Crippen molar-refractivity contribution in [2.24, 2.45) is 0 Å². The molecule has 182 valence electrons. The summed E-state index contributed by atoms with van der Waals surface area (Å²) in [5, 5.41) is 0.153. The van der Waals surface area contributed by atoms with Crippen LogP contribution < -0.4 is 15.8 Å².